The Bertz CT molecular complexity index is 579. The maximum Gasteiger partial charge on any atom is 0.222 e. The minimum Gasteiger partial charge on any atom is -0.490 e. The molecule has 4 heteroatoms. The molecule has 1 aromatic carbocycles. The molecule has 1 heterocycles. The van der Waals surface area contributed by atoms with E-state index in [0.29, 0.717) is 12.3 Å². The van der Waals surface area contributed by atoms with Gasteiger partial charge in [-0.1, -0.05) is 12.5 Å². The van der Waals surface area contributed by atoms with Gasteiger partial charge >= 0.3 is 0 Å². The van der Waals surface area contributed by atoms with E-state index in [4.69, 9.17) is 10.5 Å². The summed E-state index contributed by atoms with van der Waals surface area (Å²) < 4.78 is 6.11. The number of carbonyl (C=O) groups excluding carboxylic acids is 1. The van der Waals surface area contributed by atoms with Crippen LogP contribution >= 0.6 is 0 Å². The number of rotatable bonds is 4. The molecule has 0 spiro atoms. The fraction of sp³-hybridized carbons (Fsp3) is 0.650. The van der Waals surface area contributed by atoms with E-state index in [9.17, 15) is 4.79 Å². The van der Waals surface area contributed by atoms with Crippen molar-refractivity contribution in [2.24, 2.45) is 11.7 Å². The lowest BCUT2D eigenvalue weighted by Crippen LogP contribution is -2.43. The molecule has 24 heavy (non-hydrogen) atoms. The lowest BCUT2D eigenvalue weighted by Gasteiger charge is -2.33. The first-order valence-corrected chi connectivity index (χ1v) is 9.30. The van der Waals surface area contributed by atoms with Crippen LogP contribution in [0.3, 0.4) is 0 Å². The van der Waals surface area contributed by atoms with Crippen LogP contribution in [0.1, 0.15) is 49.7 Å². The number of carbonyl (C=O) groups is 1. The number of benzene rings is 1. The predicted molar refractivity (Wildman–Crippen MR) is 96.1 cm³/mol. The van der Waals surface area contributed by atoms with Crippen molar-refractivity contribution in [2.75, 3.05) is 13.1 Å². The summed E-state index contributed by atoms with van der Waals surface area (Å²) in [4.78, 5) is 14.5. The van der Waals surface area contributed by atoms with E-state index in [0.717, 1.165) is 44.5 Å². The van der Waals surface area contributed by atoms with E-state index in [2.05, 4.69) is 26.0 Å². The van der Waals surface area contributed by atoms with Crippen molar-refractivity contribution in [2.45, 2.75) is 64.5 Å². The average Bonchev–Trinajstić information content (AvgIpc) is 2.97. The lowest BCUT2D eigenvalue weighted by atomic mass is 9.98. The molecule has 2 N–H and O–H groups in total. The topological polar surface area (TPSA) is 55.6 Å². The van der Waals surface area contributed by atoms with Crippen LogP contribution in [-0.4, -0.2) is 36.0 Å². The third-order valence-corrected chi connectivity index (χ3v) is 5.73. The minimum atomic E-state index is 0.213. The van der Waals surface area contributed by atoms with E-state index in [1.54, 1.807) is 0 Å². The molecule has 0 bridgehead atoms. The standard InChI is InChI=1S/C20H30N2O2/c1-14-6-7-18(12-15(14)2)24-17-8-10-22(11-9-17)20(23)13-16-4-3-5-19(16)21/h6-7,12,16-17,19H,3-5,8-11,13,21H2,1-2H3/t16-,19+/m0/s1. The Labute approximate surface area is 145 Å². The molecule has 1 aliphatic carbocycles. The molecule has 0 aromatic heterocycles. The smallest absolute Gasteiger partial charge is 0.222 e. The summed E-state index contributed by atoms with van der Waals surface area (Å²) in [5.41, 5.74) is 8.64. The first kappa shape index (κ1) is 17.3. The number of piperidine rings is 1. The summed E-state index contributed by atoms with van der Waals surface area (Å²) in [5.74, 6) is 1.61. The maximum absolute atomic E-state index is 12.5. The Kier molecular flexibility index (Phi) is 5.44. The normalized spacial score (nSPS) is 25.0. The Hall–Kier alpha value is -1.55. The largest absolute Gasteiger partial charge is 0.490 e. The quantitative estimate of drug-likeness (QED) is 0.922. The lowest BCUT2D eigenvalue weighted by molar-refractivity contribution is -0.134. The maximum atomic E-state index is 12.5. The number of nitrogens with two attached hydrogens (primary N) is 1. The third kappa shape index (κ3) is 4.10. The van der Waals surface area contributed by atoms with Crippen molar-refractivity contribution in [1.29, 1.82) is 0 Å². The molecule has 3 rings (SSSR count). The van der Waals surface area contributed by atoms with Crippen LogP contribution in [0.4, 0.5) is 0 Å². The first-order chi connectivity index (χ1) is 11.5. The first-order valence-electron chi connectivity index (χ1n) is 9.30. The van der Waals surface area contributed by atoms with Gasteiger partial charge in [-0.15, -0.1) is 0 Å². The molecular weight excluding hydrogens is 300 g/mol. The second-order valence-electron chi connectivity index (χ2n) is 7.50. The molecule has 0 radical (unpaired) electrons. The summed E-state index contributed by atoms with van der Waals surface area (Å²) in [7, 11) is 0. The van der Waals surface area contributed by atoms with Crippen molar-refractivity contribution < 1.29 is 9.53 Å². The summed E-state index contributed by atoms with van der Waals surface area (Å²) in [5, 5.41) is 0. The molecule has 1 aromatic rings. The number of aryl methyl sites for hydroxylation is 2. The van der Waals surface area contributed by atoms with Gasteiger partial charge in [0.1, 0.15) is 11.9 Å². The molecule has 2 fully saturated rings. The van der Waals surface area contributed by atoms with Gasteiger partial charge in [0, 0.05) is 38.4 Å². The molecule has 1 amide bonds. The predicted octanol–water partition coefficient (Wildman–Crippen LogP) is 3.19. The molecule has 132 valence electrons. The van der Waals surface area contributed by atoms with Gasteiger partial charge in [0.25, 0.3) is 0 Å². The van der Waals surface area contributed by atoms with Crippen molar-refractivity contribution in [3.05, 3.63) is 29.3 Å². The number of likely N-dealkylation sites (tertiary alicyclic amines) is 1. The highest BCUT2D eigenvalue weighted by atomic mass is 16.5. The molecule has 1 saturated carbocycles. The zero-order valence-electron chi connectivity index (χ0n) is 15.0. The highest BCUT2D eigenvalue weighted by Gasteiger charge is 2.30. The summed E-state index contributed by atoms with van der Waals surface area (Å²) >= 11 is 0. The van der Waals surface area contributed by atoms with Crippen molar-refractivity contribution in [1.82, 2.24) is 4.90 Å². The van der Waals surface area contributed by atoms with E-state index in [-0.39, 0.29) is 18.1 Å². The monoisotopic (exact) mass is 330 g/mol. The van der Waals surface area contributed by atoms with Crippen molar-refractivity contribution in [3.8, 4) is 5.75 Å². The van der Waals surface area contributed by atoms with Gasteiger partial charge in [-0.3, -0.25) is 4.79 Å². The number of ether oxygens (including phenoxy) is 1. The van der Waals surface area contributed by atoms with Gasteiger partial charge in [0.05, 0.1) is 0 Å². The second-order valence-corrected chi connectivity index (χ2v) is 7.50. The van der Waals surface area contributed by atoms with E-state index in [1.807, 2.05) is 11.0 Å². The van der Waals surface area contributed by atoms with Gasteiger partial charge in [-0.2, -0.15) is 0 Å². The fourth-order valence-corrected chi connectivity index (χ4v) is 3.88. The minimum absolute atomic E-state index is 0.213. The molecule has 2 atom stereocenters. The number of hydrogen-bond acceptors (Lipinski definition) is 3. The zero-order chi connectivity index (χ0) is 17.1. The molecule has 1 saturated heterocycles. The van der Waals surface area contributed by atoms with Crippen LogP contribution in [-0.2, 0) is 4.79 Å². The molecular formula is C20H30N2O2. The Morgan fingerprint density at radius 3 is 2.54 bits per heavy atom. The second kappa shape index (κ2) is 7.56. The number of nitrogens with zero attached hydrogens (tertiary/aromatic N) is 1. The molecule has 0 unspecified atom stereocenters. The molecule has 4 nitrogen and oxygen atoms in total. The van der Waals surface area contributed by atoms with Crippen LogP contribution < -0.4 is 10.5 Å². The Morgan fingerprint density at radius 2 is 1.92 bits per heavy atom. The van der Waals surface area contributed by atoms with E-state index in [1.165, 1.54) is 17.5 Å². The van der Waals surface area contributed by atoms with Gasteiger partial charge in [-0.25, -0.2) is 0 Å². The van der Waals surface area contributed by atoms with Gasteiger partial charge < -0.3 is 15.4 Å². The van der Waals surface area contributed by atoms with E-state index >= 15 is 0 Å². The number of amides is 1. The highest BCUT2D eigenvalue weighted by Crippen LogP contribution is 2.28. The molecule has 1 aliphatic heterocycles. The van der Waals surface area contributed by atoms with Gasteiger partial charge in [-0.05, 0) is 55.9 Å². The van der Waals surface area contributed by atoms with Gasteiger partial charge in [0.2, 0.25) is 5.91 Å². The van der Waals surface area contributed by atoms with Crippen molar-refractivity contribution >= 4 is 5.91 Å². The van der Waals surface area contributed by atoms with Gasteiger partial charge in [0.15, 0.2) is 0 Å². The zero-order valence-corrected chi connectivity index (χ0v) is 15.0. The van der Waals surface area contributed by atoms with Crippen LogP contribution in [0.5, 0.6) is 5.75 Å². The number of hydrogen-bond donors (Lipinski definition) is 1. The molecule has 2 aliphatic rings. The summed E-state index contributed by atoms with van der Waals surface area (Å²) in [6, 6.07) is 6.48. The fourth-order valence-electron chi connectivity index (χ4n) is 3.88. The average molecular weight is 330 g/mol. The van der Waals surface area contributed by atoms with Crippen LogP contribution in [0.25, 0.3) is 0 Å². The van der Waals surface area contributed by atoms with Crippen LogP contribution in [0, 0.1) is 19.8 Å². The van der Waals surface area contributed by atoms with Crippen molar-refractivity contribution in [3.63, 3.8) is 0 Å². The van der Waals surface area contributed by atoms with E-state index < -0.39 is 0 Å². The third-order valence-electron chi connectivity index (χ3n) is 5.73. The summed E-state index contributed by atoms with van der Waals surface area (Å²) in [6.07, 6.45) is 6.02. The Balaban J connectivity index is 1.46. The Morgan fingerprint density at radius 1 is 1.17 bits per heavy atom. The SMILES string of the molecule is Cc1ccc(OC2CCN(C(=O)C[C@@H]3CCC[C@H]3N)CC2)cc1C. The highest BCUT2D eigenvalue weighted by molar-refractivity contribution is 5.76. The van der Waals surface area contributed by atoms with Crippen LogP contribution in [0.15, 0.2) is 18.2 Å². The van der Waals surface area contributed by atoms with Crippen LogP contribution in [0.2, 0.25) is 0 Å². The summed E-state index contributed by atoms with van der Waals surface area (Å²) in [6.45, 7) is 5.82.